The summed E-state index contributed by atoms with van der Waals surface area (Å²) in [5.74, 6) is -0.0468. The number of hydrogen-bond acceptors (Lipinski definition) is 6. The van der Waals surface area contributed by atoms with Gasteiger partial charge < -0.3 is 10.2 Å². The number of carbonyl (C=O) groups excluding carboxylic acids is 2. The van der Waals surface area contributed by atoms with E-state index in [0.29, 0.717) is 24.6 Å². The normalized spacial score (nSPS) is 29.1. The number of rotatable bonds is 5. The van der Waals surface area contributed by atoms with Crippen LogP contribution >= 0.6 is 0 Å². The van der Waals surface area contributed by atoms with Crippen molar-refractivity contribution in [3.63, 3.8) is 0 Å². The molecule has 0 bridgehead atoms. The Morgan fingerprint density at radius 2 is 2.00 bits per heavy atom. The molecule has 8 heteroatoms. The minimum Gasteiger partial charge on any atom is -0.391 e. The fraction of sp³-hybridized carbons (Fsp3) is 0.778. The Bertz CT molecular complexity index is 629. The van der Waals surface area contributed by atoms with E-state index < -0.39 is 23.5 Å². The second-order valence-corrected chi connectivity index (χ2v) is 8.19. The van der Waals surface area contributed by atoms with Gasteiger partial charge in [0, 0.05) is 18.4 Å². The maximum absolute atomic E-state index is 12.5. The molecular formula is C18H30N4O4. The quantitative estimate of drug-likeness (QED) is 0.563. The van der Waals surface area contributed by atoms with E-state index in [2.05, 4.69) is 34.5 Å². The lowest BCUT2D eigenvalue weighted by atomic mass is 9.72. The van der Waals surface area contributed by atoms with Crippen LogP contribution in [0.4, 0.5) is 0 Å². The van der Waals surface area contributed by atoms with Gasteiger partial charge in [0.2, 0.25) is 17.8 Å². The molecule has 146 valence electrons. The molecule has 0 saturated carbocycles. The third-order valence-corrected chi connectivity index (χ3v) is 5.44. The van der Waals surface area contributed by atoms with Crippen molar-refractivity contribution in [2.45, 2.75) is 59.7 Å². The van der Waals surface area contributed by atoms with Crippen molar-refractivity contribution in [2.75, 3.05) is 6.54 Å². The molecule has 2 aliphatic heterocycles. The van der Waals surface area contributed by atoms with Gasteiger partial charge in [-0.2, -0.15) is 4.99 Å². The molecule has 2 amide bonds. The third kappa shape index (κ3) is 4.48. The highest BCUT2D eigenvalue weighted by Crippen LogP contribution is 2.37. The van der Waals surface area contributed by atoms with Gasteiger partial charge in [0.25, 0.3) is 0 Å². The Kier molecular flexibility index (Phi) is 6.18. The predicted octanol–water partition coefficient (Wildman–Crippen LogP) is 0.437. The average molecular weight is 366 g/mol. The van der Waals surface area contributed by atoms with E-state index in [1.807, 2.05) is 6.92 Å². The summed E-state index contributed by atoms with van der Waals surface area (Å²) in [6, 6.07) is 0. The van der Waals surface area contributed by atoms with Crippen LogP contribution in [0.5, 0.6) is 0 Å². The number of nitrogens with one attached hydrogen (secondary N) is 2. The zero-order valence-electron chi connectivity index (χ0n) is 16.1. The molecule has 2 heterocycles. The second kappa shape index (κ2) is 7.84. The molecule has 5 atom stereocenters. The second-order valence-electron chi connectivity index (χ2n) is 8.19. The van der Waals surface area contributed by atoms with E-state index in [1.54, 1.807) is 6.92 Å². The Morgan fingerprint density at radius 1 is 1.35 bits per heavy atom. The molecule has 26 heavy (non-hydrogen) atoms. The standard InChI is InChI=1S/C18H30N4O4/c1-9(2)10(3)6-13(24)20-17-21-15-12(16(26)22-17)7-18(5,8-19-15)14(25)11(4)23/h9-12,14,23,25H,6-8H2,1-5H3,(H2,19,20,21,22,24,26)/t10?,11-,12?,14-,18+/m0/s1. The summed E-state index contributed by atoms with van der Waals surface area (Å²) in [6.45, 7) is 9.68. The van der Waals surface area contributed by atoms with Crippen LogP contribution in [0.3, 0.4) is 0 Å². The van der Waals surface area contributed by atoms with Crippen molar-refractivity contribution in [1.82, 2.24) is 10.6 Å². The van der Waals surface area contributed by atoms with E-state index in [4.69, 9.17) is 0 Å². The lowest BCUT2D eigenvalue weighted by Gasteiger charge is -2.40. The lowest BCUT2D eigenvalue weighted by Crippen LogP contribution is -2.55. The number of carbonyl (C=O) groups is 2. The smallest absolute Gasteiger partial charge is 0.237 e. The zero-order valence-corrected chi connectivity index (χ0v) is 16.1. The summed E-state index contributed by atoms with van der Waals surface area (Å²) in [4.78, 5) is 33.2. The molecular weight excluding hydrogens is 336 g/mol. The highest BCUT2D eigenvalue weighted by molar-refractivity contribution is 6.19. The highest BCUT2D eigenvalue weighted by atomic mass is 16.3. The minimum atomic E-state index is -0.983. The monoisotopic (exact) mass is 366 g/mol. The maximum Gasteiger partial charge on any atom is 0.237 e. The maximum atomic E-state index is 12.5. The fourth-order valence-electron chi connectivity index (χ4n) is 3.23. The van der Waals surface area contributed by atoms with E-state index in [9.17, 15) is 19.8 Å². The van der Waals surface area contributed by atoms with Gasteiger partial charge in [-0.05, 0) is 25.2 Å². The van der Waals surface area contributed by atoms with Crippen LogP contribution in [0.15, 0.2) is 9.98 Å². The van der Waals surface area contributed by atoms with Gasteiger partial charge >= 0.3 is 0 Å². The fourth-order valence-corrected chi connectivity index (χ4v) is 3.23. The number of nitrogens with zero attached hydrogens (tertiary/aromatic N) is 2. The number of hydrogen-bond donors (Lipinski definition) is 4. The molecule has 2 rings (SSSR count). The first-order chi connectivity index (χ1) is 12.0. The summed E-state index contributed by atoms with van der Waals surface area (Å²) in [5.41, 5.74) is -0.706. The van der Waals surface area contributed by atoms with Gasteiger partial charge in [0.1, 0.15) is 5.84 Å². The Morgan fingerprint density at radius 3 is 2.58 bits per heavy atom. The molecule has 0 aromatic carbocycles. The van der Waals surface area contributed by atoms with Crippen LogP contribution < -0.4 is 10.6 Å². The number of fused-ring (bicyclic) bond motifs is 1. The summed E-state index contributed by atoms with van der Waals surface area (Å²) >= 11 is 0. The van der Waals surface area contributed by atoms with Crippen LogP contribution in [0, 0.1) is 23.2 Å². The summed E-state index contributed by atoms with van der Waals surface area (Å²) in [6.07, 6.45) is -1.21. The molecule has 0 aromatic rings. The van der Waals surface area contributed by atoms with Gasteiger partial charge in [-0.25, -0.2) is 0 Å². The van der Waals surface area contributed by atoms with Crippen LogP contribution in [0.25, 0.3) is 0 Å². The predicted molar refractivity (Wildman–Crippen MR) is 98.5 cm³/mol. The SMILES string of the molecule is CC(C)C(C)CC(=O)NC1=NC2=NC[C@](C)([C@@H](O)[C@H](C)O)CC2C(=O)N1. The third-order valence-electron chi connectivity index (χ3n) is 5.44. The topological polar surface area (TPSA) is 123 Å². The molecule has 8 nitrogen and oxygen atoms in total. The van der Waals surface area contributed by atoms with Gasteiger partial charge in [-0.3, -0.25) is 25.2 Å². The first-order valence-corrected chi connectivity index (χ1v) is 9.13. The Labute approximate surface area is 154 Å². The molecule has 0 aliphatic carbocycles. The molecule has 0 fully saturated rings. The van der Waals surface area contributed by atoms with Gasteiger partial charge in [-0.15, -0.1) is 0 Å². The van der Waals surface area contributed by atoms with E-state index in [1.165, 1.54) is 6.92 Å². The minimum absolute atomic E-state index is 0.102. The number of amides is 2. The van der Waals surface area contributed by atoms with Crippen molar-refractivity contribution < 1.29 is 19.8 Å². The van der Waals surface area contributed by atoms with Crippen LogP contribution in [-0.4, -0.2) is 52.6 Å². The first kappa shape index (κ1) is 20.5. The van der Waals surface area contributed by atoms with Gasteiger partial charge in [0.05, 0.1) is 18.1 Å². The van der Waals surface area contributed by atoms with Crippen LogP contribution in [0.1, 0.15) is 47.5 Å². The van der Waals surface area contributed by atoms with Gasteiger partial charge in [0.15, 0.2) is 0 Å². The van der Waals surface area contributed by atoms with Crippen LogP contribution in [0.2, 0.25) is 0 Å². The molecule has 2 aliphatic rings. The molecule has 2 unspecified atom stereocenters. The first-order valence-electron chi connectivity index (χ1n) is 9.13. The molecule has 0 saturated heterocycles. The lowest BCUT2D eigenvalue weighted by molar-refractivity contribution is -0.124. The number of amidine groups is 1. The number of aliphatic hydroxyl groups is 2. The Hall–Kier alpha value is -1.80. The average Bonchev–Trinajstić information content (AvgIpc) is 2.54. The molecule has 0 spiro atoms. The number of aliphatic hydroxyl groups excluding tert-OH is 2. The van der Waals surface area contributed by atoms with Crippen molar-refractivity contribution in [3.05, 3.63) is 0 Å². The van der Waals surface area contributed by atoms with Crippen LogP contribution in [-0.2, 0) is 9.59 Å². The molecule has 0 aromatic heterocycles. The van der Waals surface area contributed by atoms with Gasteiger partial charge in [-0.1, -0.05) is 27.7 Å². The highest BCUT2D eigenvalue weighted by Gasteiger charge is 2.45. The number of aliphatic imine (C=N–C) groups is 2. The van der Waals surface area contributed by atoms with E-state index in [0.717, 1.165) is 0 Å². The van der Waals surface area contributed by atoms with Crippen molar-refractivity contribution in [3.8, 4) is 0 Å². The summed E-state index contributed by atoms with van der Waals surface area (Å²) < 4.78 is 0. The zero-order chi connectivity index (χ0) is 19.6. The van der Waals surface area contributed by atoms with E-state index >= 15 is 0 Å². The largest absolute Gasteiger partial charge is 0.391 e. The van der Waals surface area contributed by atoms with E-state index in [-0.39, 0.29) is 30.2 Å². The molecule has 4 N–H and O–H groups in total. The summed E-state index contributed by atoms with van der Waals surface area (Å²) in [5, 5.41) is 25.2. The van der Waals surface area contributed by atoms with Crippen molar-refractivity contribution in [2.24, 2.45) is 33.2 Å². The Balaban J connectivity index is 2.10. The summed E-state index contributed by atoms with van der Waals surface area (Å²) in [7, 11) is 0. The van der Waals surface area contributed by atoms with Crippen molar-refractivity contribution in [1.29, 1.82) is 0 Å². The number of guanidine groups is 1. The molecule has 0 radical (unpaired) electrons. The van der Waals surface area contributed by atoms with Crippen molar-refractivity contribution >= 4 is 23.6 Å².